The van der Waals surface area contributed by atoms with E-state index in [1.165, 1.54) is 31.3 Å². The maximum atomic E-state index is 12.9. The van der Waals surface area contributed by atoms with Gasteiger partial charge in [0, 0.05) is 31.5 Å². The number of carbonyl (C=O) groups is 1. The lowest BCUT2D eigenvalue weighted by atomic mass is 9.73. The van der Waals surface area contributed by atoms with E-state index in [1.807, 2.05) is 12.1 Å². The summed E-state index contributed by atoms with van der Waals surface area (Å²) in [5, 5.41) is 11.1. The summed E-state index contributed by atoms with van der Waals surface area (Å²) in [7, 11) is 0. The second kappa shape index (κ2) is 15.4. The van der Waals surface area contributed by atoms with Crippen LogP contribution in [0.25, 0.3) is 0 Å². The van der Waals surface area contributed by atoms with Gasteiger partial charge in [-0.25, -0.2) is 0 Å². The molecule has 1 aromatic carbocycles. The molecule has 1 aliphatic carbocycles. The van der Waals surface area contributed by atoms with Crippen LogP contribution in [0.5, 0.6) is 11.5 Å². The molecular formula is C36H47NO5. The zero-order valence-corrected chi connectivity index (χ0v) is 25.1. The standard InChI is InChI=1S/C36H47NO5/c1-2-3-4-5-6-7-8-9-10-11-12-13-14-15-16-17-18-19-33(39)42-36-30(38)22-27-20-21-37-25-28-23-31-32(41-26-40-31)24-29(28)34(36)35(27)37/h6-7,9-10,12-13,15-16,22-24,30,34-36,38H,2-5,8,11,14,17-21,25-26H2,1H3/t30-,34+,35+,36+/m1/s1. The Hall–Kier alpha value is -3.09. The summed E-state index contributed by atoms with van der Waals surface area (Å²) in [6.07, 6.45) is 29.0. The quantitative estimate of drug-likeness (QED) is 0.134. The Kier molecular flexibility index (Phi) is 11.1. The van der Waals surface area contributed by atoms with Crippen LogP contribution in [0.3, 0.4) is 0 Å². The fourth-order valence-corrected chi connectivity index (χ4v) is 6.61. The largest absolute Gasteiger partial charge is 0.459 e. The molecular weight excluding hydrogens is 526 g/mol. The Morgan fingerprint density at radius 3 is 2.33 bits per heavy atom. The van der Waals surface area contributed by atoms with Gasteiger partial charge in [-0.1, -0.05) is 80.0 Å². The number of aliphatic hydroxyl groups is 1. The van der Waals surface area contributed by atoms with Gasteiger partial charge in [0.25, 0.3) is 0 Å². The average molecular weight is 574 g/mol. The topological polar surface area (TPSA) is 68.2 Å². The fraction of sp³-hybridized carbons (Fsp3) is 0.528. The molecule has 5 rings (SSSR count). The van der Waals surface area contributed by atoms with E-state index in [-0.39, 0.29) is 24.7 Å². The Labute approximate surface area is 251 Å². The highest BCUT2D eigenvalue weighted by molar-refractivity contribution is 5.70. The minimum atomic E-state index is -0.810. The van der Waals surface area contributed by atoms with Crippen molar-refractivity contribution in [2.75, 3.05) is 13.3 Å². The van der Waals surface area contributed by atoms with Gasteiger partial charge in [0.2, 0.25) is 6.79 Å². The van der Waals surface area contributed by atoms with E-state index in [9.17, 15) is 9.90 Å². The molecule has 42 heavy (non-hydrogen) atoms. The number of carbonyl (C=O) groups excluding carboxylic acids is 1. The molecule has 4 atom stereocenters. The second-order valence-corrected chi connectivity index (χ2v) is 11.8. The van der Waals surface area contributed by atoms with E-state index < -0.39 is 12.2 Å². The van der Waals surface area contributed by atoms with Crippen molar-refractivity contribution < 1.29 is 24.1 Å². The molecule has 3 heterocycles. The summed E-state index contributed by atoms with van der Waals surface area (Å²) in [6.45, 7) is 4.24. The van der Waals surface area contributed by atoms with Gasteiger partial charge in [-0.15, -0.1) is 0 Å². The van der Waals surface area contributed by atoms with Crippen molar-refractivity contribution in [3.05, 3.63) is 83.5 Å². The van der Waals surface area contributed by atoms with Gasteiger partial charge < -0.3 is 19.3 Å². The van der Waals surface area contributed by atoms with Crippen molar-refractivity contribution in [1.82, 2.24) is 4.90 Å². The predicted octanol–water partition coefficient (Wildman–Crippen LogP) is 7.45. The van der Waals surface area contributed by atoms with Crippen LogP contribution in [0.15, 0.2) is 72.4 Å². The highest BCUT2D eigenvalue weighted by atomic mass is 16.7. The zero-order valence-electron chi connectivity index (χ0n) is 25.1. The number of fused-ring (bicyclic) bond motifs is 3. The number of nitrogens with zero attached hydrogens (tertiary/aromatic N) is 1. The van der Waals surface area contributed by atoms with E-state index >= 15 is 0 Å². The van der Waals surface area contributed by atoms with Gasteiger partial charge >= 0.3 is 5.97 Å². The Morgan fingerprint density at radius 1 is 0.952 bits per heavy atom. The summed E-state index contributed by atoms with van der Waals surface area (Å²) in [5.41, 5.74) is 3.52. The monoisotopic (exact) mass is 573 g/mol. The first-order valence-corrected chi connectivity index (χ1v) is 16.0. The first kappa shape index (κ1) is 30.4. The van der Waals surface area contributed by atoms with E-state index in [4.69, 9.17) is 14.2 Å². The molecule has 3 aliphatic heterocycles. The Balaban J connectivity index is 1.04. The van der Waals surface area contributed by atoms with E-state index in [0.29, 0.717) is 6.42 Å². The van der Waals surface area contributed by atoms with Gasteiger partial charge in [0.05, 0.1) is 0 Å². The zero-order chi connectivity index (χ0) is 29.1. The van der Waals surface area contributed by atoms with E-state index in [0.717, 1.165) is 74.2 Å². The molecule has 1 aromatic rings. The van der Waals surface area contributed by atoms with Gasteiger partial charge in [-0.05, 0) is 74.6 Å². The summed E-state index contributed by atoms with van der Waals surface area (Å²) >= 11 is 0. The normalized spacial score (nSPS) is 24.7. The van der Waals surface area contributed by atoms with Crippen LogP contribution in [0.1, 0.15) is 94.6 Å². The molecule has 1 fully saturated rings. The molecule has 0 saturated carbocycles. The van der Waals surface area contributed by atoms with Crippen LogP contribution in [0.2, 0.25) is 0 Å². The van der Waals surface area contributed by atoms with Gasteiger partial charge in [0.15, 0.2) is 11.5 Å². The number of unbranched alkanes of at least 4 members (excludes halogenated alkanes) is 4. The molecule has 0 spiro atoms. The summed E-state index contributed by atoms with van der Waals surface area (Å²) < 4.78 is 17.3. The van der Waals surface area contributed by atoms with Crippen molar-refractivity contribution in [3.63, 3.8) is 0 Å². The number of aliphatic hydroxyl groups excluding tert-OH is 1. The Bertz CT molecular complexity index is 1210. The molecule has 0 bridgehead atoms. The molecule has 226 valence electrons. The molecule has 6 nitrogen and oxygen atoms in total. The second-order valence-electron chi connectivity index (χ2n) is 11.8. The summed E-state index contributed by atoms with van der Waals surface area (Å²) in [6, 6.07) is 4.25. The molecule has 1 N–H and O–H groups in total. The lowest BCUT2D eigenvalue weighted by molar-refractivity contribution is -0.157. The first-order valence-electron chi connectivity index (χ1n) is 16.0. The highest BCUT2D eigenvalue weighted by Gasteiger charge is 2.50. The number of rotatable bonds is 15. The molecule has 0 aromatic heterocycles. The Morgan fingerprint density at radius 2 is 1.62 bits per heavy atom. The lowest BCUT2D eigenvalue weighted by Gasteiger charge is -2.45. The molecule has 1 saturated heterocycles. The lowest BCUT2D eigenvalue weighted by Crippen LogP contribution is -2.51. The van der Waals surface area contributed by atoms with Crippen molar-refractivity contribution in [2.24, 2.45) is 0 Å². The molecule has 4 aliphatic rings. The van der Waals surface area contributed by atoms with Gasteiger partial charge in [-0.3, -0.25) is 9.69 Å². The van der Waals surface area contributed by atoms with Gasteiger partial charge in [0.1, 0.15) is 12.2 Å². The molecule has 0 amide bonds. The third kappa shape index (κ3) is 7.64. The summed E-state index contributed by atoms with van der Waals surface area (Å²) in [4.78, 5) is 15.4. The number of ether oxygens (including phenoxy) is 3. The van der Waals surface area contributed by atoms with Crippen LogP contribution in [0, 0.1) is 0 Å². The number of hydrogen-bond acceptors (Lipinski definition) is 6. The predicted molar refractivity (Wildman–Crippen MR) is 166 cm³/mol. The number of esters is 1. The minimum Gasteiger partial charge on any atom is -0.459 e. The van der Waals surface area contributed by atoms with Crippen molar-refractivity contribution in [1.29, 1.82) is 0 Å². The van der Waals surface area contributed by atoms with E-state index in [1.54, 1.807) is 0 Å². The van der Waals surface area contributed by atoms with Crippen LogP contribution in [-0.4, -0.2) is 47.6 Å². The first-order chi connectivity index (χ1) is 20.7. The third-order valence-corrected chi connectivity index (χ3v) is 8.72. The van der Waals surface area contributed by atoms with Crippen molar-refractivity contribution in [2.45, 2.75) is 108 Å². The maximum absolute atomic E-state index is 12.9. The number of hydrogen-bond donors (Lipinski definition) is 1. The maximum Gasteiger partial charge on any atom is 0.306 e. The van der Waals surface area contributed by atoms with Gasteiger partial charge in [-0.2, -0.15) is 0 Å². The SMILES string of the molecule is CCCCCC=CCC=CCC=CCC=CCCCC(=O)O[C@@H]1[C@H]2c3cc4c(cc3CN3CCC(=C[C@H]1O)[C@@H]23)OCO4. The minimum absolute atomic E-state index is 0.113. The molecule has 0 radical (unpaired) electrons. The fourth-order valence-electron chi connectivity index (χ4n) is 6.61. The smallest absolute Gasteiger partial charge is 0.306 e. The number of allylic oxidation sites excluding steroid dienone is 8. The van der Waals surface area contributed by atoms with Crippen LogP contribution in [0.4, 0.5) is 0 Å². The van der Waals surface area contributed by atoms with Crippen molar-refractivity contribution >= 4 is 5.97 Å². The summed E-state index contributed by atoms with van der Waals surface area (Å²) in [5.74, 6) is 1.14. The van der Waals surface area contributed by atoms with Crippen LogP contribution < -0.4 is 9.47 Å². The van der Waals surface area contributed by atoms with E-state index in [2.05, 4.69) is 66.5 Å². The molecule has 6 heteroatoms. The van der Waals surface area contributed by atoms with Crippen LogP contribution >= 0.6 is 0 Å². The highest BCUT2D eigenvalue weighted by Crippen LogP contribution is 2.50. The molecule has 0 unspecified atom stereocenters. The average Bonchev–Trinajstić information content (AvgIpc) is 3.61. The van der Waals surface area contributed by atoms with Crippen molar-refractivity contribution in [3.8, 4) is 11.5 Å². The third-order valence-electron chi connectivity index (χ3n) is 8.72. The van der Waals surface area contributed by atoms with Crippen LogP contribution in [-0.2, 0) is 16.1 Å². The number of benzene rings is 1.